The lowest BCUT2D eigenvalue weighted by Gasteiger charge is -2.08. The minimum absolute atomic E-state index is 0.0236. The lowest BCUT2D eigenvalue weighted by Crippen LogP contribution is -2.05. The summed E-state index contributed by atoms with van der Waals surface area (Å²) in [6.07, 6.45) is 2.37. The van der Waals surface area contributed by atoms with Crippen LogP contribution in [0.1, 0.15) is 5.56 Å². The van der Waals surface area contributed by atoms with Crippen molar-refractivity contribution >= 4 is 5.69 Å². The summed E-state index contributed by atoms with van der Waals surface area (Å²) in [5, 5.41) is 2.43. The van der Waals surface area contributed by atoms with E-state index in [1.165, 1.54) is 12.3 Å². The van der Waals surface area contributed by atoms with Crippen molar-refractivity contribution in [3.63, 3.8) is 0 Å². The first-order valence-electron chi connectivity index (χ1n) is 5.04. The van der Waals surface area contributed by atoms with Crippen LogP contribution in [-0.4, -0.2) is 4.98 Å². The molecule has 1 heterocycles. The van der Waals surface area contributed by atoms with Crippen molar-refractivity contribution < 1.29 is 17.6 Å². The number of nitrogens with zero attached hydrogens (tertiary/aromatic N) is 1. The van der Waals surface area contributed by atoms with Crippen LogP contribution < -0.4 is 5.32 Å². The summed E-state index contributed by atoms with van der Waals surface area (Å²) >= 11 is 0. The van der Waals surface area contributed by atoms with Crippen molar-refractivity contribution in [1.82, 2.24) is 4.98 Å². The maximum absolute atomic E-state index is 13.3. The summed E-state index contributed by atoms with van der Waals surface area (Å²) < 4.78 is 52.0. The van der Waals surface area contributed by atoms with Crippen molar-refractivity contribution in [3.05, 3.63) is 59.4 Å². The Bertz CT molecular complexity index is 549. The summed E-state index contributed by atoms with van der Waals surface area (Å²) in [7, 11) is 0. The highest BCUT2D eigenvalue weighted by Crippen LogP contribution is 2.20. The molecule has 0 saturated carbocycles. The average molecular weight is 256 g/mol. The van der Waals surface area contributed by atoms with Crippen LogP contribution in [0.4, 0.5) is 23.2 Å². The lowest BCUT2D eigenvalue weighted by molar-refractivity contribution is 0.547. The second-order valence-electron chi connectivity index (χ2n) is 3.61. The van der Waals surface area contributed by atoms with Crippen LogP contribution in [0.15, 0.2) is 30.6 Å². The Hall–Kier alpha value is -2.11. The topological polar surface area (TPSA) is 24.9 Å². The molecule has 0 spiro atoms. The molecule has 0 aliphatic carbocycles. The monoisotopic (exact) mass is 256 g/mol. The van der Waals surface area contributed by atoms with Crippen molar-refractivity contribution in [1.29, 1.82) is 0 Å². The highest BCUT2D eigenvalue weighted by atomic mass is 19.1. The molecule has 1 aromatic heterocycles. The van der Waals surface area contributed by atoms with Crippen LogP contribution in [0.2, 0.25) is 0 Å². The molecule has 0 radical (unpaired) electrons. The summed E-state index contributed by atoms with van der Waals surface area (Å²) in [6, 6.07) is 2.31. The number of rotatable bonds is 3. The summed E-state index contributed by atoms with van der Waals surface area (Å²) in [6.45, 7) is -0.0236. The lowest BCUT2D eigenvalue weighted by atomic mass is 10.2. The van der Waals surface area contributed by atoms with E-state index in [1.807, 2.05) is 0 Å². The van der Waals surface area contributed by atoms with Gasteiger partial charge in [0.2, 0.25) is 0 Å². The Labute approximate surface area is 100 Å². The van der Waals surface area contributed by atoms with E-state index in [2.05, 4.69) is 10.3 Å². The Morgan fingerprint density at radius 1 is 0.889 bits per heavy atom. The molecule has 2 nitrogen and oxygen atoms in total. The van der Waals surface area contributed by atoms with E-state index >= 15 is 0 Å². The van der Waals surface area contributed by atoms with Crippen molar-refractivity contribution in [2.24, 2.45) is 0 Å². The van der Waals surface area contributed by atoms with Gasteiger partial charge in [-0.15, -0.1) is 0 Å². The number of nitrogens with one attached hydrogen (secondary N) is 1. The Balaban J connectivity index is 2.16. The molecule has 0 aliphatic rings. The third-order valence-corrected chi connectivity index (χ3v) is 2.24. The van der Waals surface area contributed by atoms with E-state index in [-0.39, 0.29) is 6.54 Å². The number of anilines is 1. The highest BCUT2D eigenvalue weighted by molar-refractivity contribution is 5.46. The van der Waals surface area contributed by atoms with E-state index < -0.39 is 29.0 Å². The molecule has 0 saturated heterocycles. The quantitative estimate of drug-likeness (QED) is 0.853. The third-order valence-electron chi connectivity index (χ3n) is 2.24. The van der Waals surface area contributed by atoms with E-state index in [9.17, 15) is 17.6 Å². The van der Waals surface area contributed by atoms with Gasteiger partial charge >= 0.3 is 0 Å². The van der Waals surface area contributed by atoms with Crippen LogP contribution in [0.25, 0.3) is 0 Å². The average Bonchev–Trinajstić information content (AvgIpc) is 2.27. The fourth-order valence-electron chi connectivity index (χ4n) is 1.45. The minimum atomic E-state index is -1.04. The number of hydrogen-bond donors (Lipinski definition) is 1. The van der Waals surface area contributed by atoms with Gasteiger partial charge in [0.05, 0.1) is 6.20 Å². The van der Waals surface area contributed by atoms with E-state index in [1.54, 1.807) is 0 Å². The molecule has 0 aliphatic heterocycles. The Morgan fingerprint density at radius 2 is 1.56 bits per heavy atom. The number of aromatic nitrogens is 1. The molecular weight excluding hydrogens is 248 g/mol. The molecule has 0 amide bonds. The first kappa shape index (κ1) is 12.3. The zero-order chi connectivity index (χ0) is 13.1. The molecule has 6 heteroatoms. The van der Waals surface area contributed by atoms with E-state index in [4.69, 9.17) is 0 Å². The molecule has 0 fully saturated rings. The number of pyridine rings is 1. The van der Waals surface area contributed by atoms with Gasteiger partial charge in [0.15, 0.2) is 11.6 Å². The molecule has 0 bridgehead atoms. The standard InChI is InChI=1S/C12H8F4N2/c13-8-2-10(15)12(11(16)3-8)18-5-7-1-9(14)6-17-4-7/h1-4,6,18H,5H2. The highest BCUT2D eigenvalue weighted by Gasteiger charge is 2.11. The fraction of sp³-hybridized carbons (Fsp3) is 0.0833. The molecule has 94 valence electrons. The molecule has 2 rings (SSSR count). The van der Waals surface area contributed by atoms with Crippen LogP contribution in [-0.2, 0) is 6.54 Å². The molecule has 18 heavy (non-hydrogen) atoms. The van der Waals surface area contributed by atoms with Crippen LogP contribution in [0.5, 0.6) is 0 Å². The minimum Gasteiger partial charge on any atom is -0.376 e. The van der Waals surface area contributed by atoms with Crippen LogP contribution in [0.3, 0.4) is 0 Å². The van der Waals surface area contributed by atoms with Gasteiger partial charge in [-0.2, -0.15) is 0 Å². The fourth-order valence-corrected chi connectivity index (χ4v) is 1.45. The second kappa shape index (κ2) is 5.03. The Morgan fingerprint density at radius 3 is 2.17 bits per heavy atom. The maximum atomic E-state index is 13.3. The number of benzene rings is 1. The van der Waals surface area contributed by atoms with Crippen LogP contribution >= 0.6 is 0 Å². The zero-order valence-electron chi connectivity index (χ0n) is 9.05. The van der Waals surface area contributed by atoms with Crippen molar-refractivity contribution in [2.45, 2.75) is 6.54 Å². The third kappa shape index (κ3) is 2.77. The molecule has 2 aromatic rings. The molecule has 0 atom stereocenters. The van der Waals surface area contributed by atoms with Gasteiger partial charge in [-0.1, -0.05) is 0 Å². The second-order valence-corrected chi connectivity index (χ2v) is 3.61. The summed E-state index contributed by atoms with van der Waals surface area (Å²) in [5.74, 6) is -3.63. The van der Waals surface area contributed by atoms with Gasteiger partial charge in [-0.25, -0.2) is 17.6 Å². The van der Waals surface area contributed by atoms with Crippen molar-refractivity contribution in [2.75, 3.05) is 5.32 Å². The molecule has 1 aromatic carbocycles. The van der Waals surface area contributed by atoms with Gasteiger partial charge in [0, 0.05) is 24.9 Å². The maximum Gasteiger partial charge on any atom is 0.152 e. The smallest absolute Gasteiger partial charge is 0.152 e. The van der Waals surface area contributed by atoms with Gasteiger partial charge in [-0.05, 0) is 11.6 Å². The SMILES string of the molecule is Fc1cncc(CNc2c(F)cc(F)cc2F)c1. The predicted octanol–water partition coefficient (Wildman–Crippen LogP) is 3.25. The van der Waals surface area contributed by atoms with E-state index in [0.717, 1.165) is 6.20 Å². The normalized spacial score (nSPS) is 10.4. The summed E-state index contributed by atoms with van der Waals surface area (Å²) in [5.41, 5.74) is -0.0428. The number of halogens is 4. The molecule has 1 N–H and O–H groups in total. The largest absolute Gasteiger partial charge is 0.376 e. The van der Waals surface area contributed by atoms with E-state index in [0.29, 0.717) is 17.7 Å². The van der Waals surface area contributed by atoms with Gasteiger partial charge in [-0.3, -0.25) is 4.98 Å². The van der Waals surface area contributed by atoms with Crippen molar-refractivity contribution in [3.8, 4) is 0 Å². The van der Waals surface area contributed by atoms with Crippen LogP contribution in [0, 0.1) is 23.3 Å². The van der Waals surface area contributed by atoms with Gasteiger partial charge in [0.25, 0.3) is 0 Å². The predicted molar refractivity (Wildman–Crippen MR) is 57.8 cm³/mol. The first-order chi connectivity index (χ1) is 8.56. The number of hydrogen-bond acceptors (Lipinski definition) is 2. The zero-order valence-corrected chi connectivity index (χ0v) is 9.05. The van der Waals surface area contributed by atoms with Gasteiger partial charge < -0.3 is 5.32 Å². The Kier molecular flexibility index (Phi) is 3.45. The molecule has 0 unspecified atom stereocenters. The first-order valence-corrected chi connectivity index (χ1v) is 5.04. The molecular formula is C12H8F4N2. The van der Waals surface area contributed by atoms with Gasteiger partial charge in [0.1, 0.15) is 17.3 Å². The summed E-state index contributed by atoms with van der Waals surface area (Å²) in [4.78, 5) is 3.59.